The van der Waals surface area contributed by atoms with Crippen LogP contribution in [0.15, 0.2) is 24.3 Å². The summed E-state index contributed by atoms with van der Waals surface area (Å²) in [4.78, 5) is 15.5. The van der Waals surface area contributed by atoms with Crippen molar-refractivity contribution in [2.24, 2.45) is 0 Å². The average Bonchev–Trinajstić information content (AvgIpc) is 2.86. The molecule has 0 bridgehead atoms. The van der Waals surface area contributed by atoms with Crippen molar-refractivity contribution >= 4 is 29.3 Å². The van der Waals surface area contributed by atoms with Gasteiger partial charge in [-0.2, -0.15) is 13.2 Å². The fourth-order valence-electron chi connectivity index (χ4n) is 2.24. The van der Waals surface area contributed by atoms with Gasteiger partial charge >= 0.3 is 6.18 Å². The number of fused-ring (bicyclic) bond motifs is 1. The molecule has 134 valence electrons. The van der Waals surface area contributed by atoms with Crippen LogP contribution in [-0.2, 0) is 17.5 Å². The highest BCUT2D eigenvalue weighted by Crippen LogP contribution is 2.31. The molecule has 9 heteroatoms. The summed E-state index contributed by atoms with van der Waals surface area (Å²) in [6.45, 7) is 3.39. The van der Waals surface area contributed by atoms with Crippen molar-refractivity contribution in [3.05, 3.63) is 30.1 Å². The zero-order chi connectivity index (χ0) is 16.9. The van der Waals surface area contributed by atoms with Gasteiger partial charge in [0.2, 0.25) is 11.7 Å². The molecule has 0 saturated heterocycles. The van der Waals surface area contributed by atoms with Crippen molar-refractivity contribution in [2.45, 2.75) is 26.1 Å². The minimum absolute atomic E-state index is 0. The number of carbonyl (C=O) groups is 1. The van der Waals surface area contributed by atoms with E-state index in [2.05, 4.69) is 15.6 Å². The second-order valence-corrected chi connectivity index (χ2v) is 5.11. The third-order valence-electron chi connectivity index (χ3n) is 3.26. The molecule has 24 heavy (non-hydrogen) atoms. The highest BCUT2D eigenvalue weighted by Gasteiger charge is 2.37. The molecule has 0 aliphatic rings. The molecular weight excluding hydrogens is 345 g/mol. The Morgan fingerprint density at radius 2 is 1.92 bits per heavy atom. The number of amides is 1. The standard InChI is InChI=1S/C15H19F3N4O.ClH/c1-2-7-19-8-9-20-13(23)10-22-12-6-4-3-5-11(12)21-14(22)15(16,17)18;/h3-6,19H,2,7-10H2,1H3,(H,20,23);1H. The lowest BCUT2D eigenvalue weighted by Crippen LogP contribution is -2.34. The zero-order valence-corrected chi connectivity index (χ0v) is 14.0. The number of alkyl halides is 3. The summed E-state index contributed by atoms with van der Waals surface area (Å²) in [6, 6.07) is 6.24. The first-order chi connectivity index (χ1) is 10.9. The molecule has 1 amide bonds. The van der Waals surface area contributed by atoms with Crippen LogP contribution in [0.3, 0.4) is 0 Å². The number of rotatable bonds is 7. The van der Waals surface area contributed by atoms with Crippen molar-refractivity contribution in [1.29, 1.82) is 0 Å². The number of halogens is 4. The summed E-state index contributed by atoms with van der Waals surface area (Å²) in [6.07, 6.45) is -3.63. The largest absolute Gasteiger partial charge is 0.449 e. The van der Waals surface area contributed by atoms with Crippen molar-refractivity contribution in [2.75, 3.05) is 19.6 Å². The van der Waals surface area contributed by atoms with Crippen LogP contribution in [0.2, 0.25) is 0 Å². The summed E-state index contributed by atoms with van der Waals surface area (Å²) in [7, 11) is 0. The van der Waals surface area contributed by atoms with E-state index in [0.29, 0.717) is 18.6 Å². The summed E-state index contributed by atoms with van der Waals surface area (Å²) in [5.41, 5.74) is 0.510. The molecule has 0 fully saturated rings. The Morgan fingerprint density at radius 3 is 2.58 bits per heavy atom. The van der Waals surface area contributed by atoms with Crippen LogP contribution in [0.25, 0.3) is 11.0 Å². The van der Waals surface area contributed by atoms with Crippen molar-refractivity contribution in [3.8, 4) is 0 Å². The Morgan fingerprint density at radius 1 is 1.21 bits per heavy atom. The molecule has 1 aromatic carbocycles. The molecule has 0 aliphatic heterocycles. The maximum atomic E-state index is 13.1. The van der Waals surface area contributed by atoms with E-state index in [0.717, 1.165) is 17.5 Å². The van der Waals surface area contributed by atoms with Gasteiger partial charge in [-0.05, 0) is 25.1 Å². The van der Waals surface area contributed by atoms with E-state index in [1.165, 1.54) is 12.1 Å². The van der Waals surface area contributed by atoms with E-state index in [1.807, 2.05) is 6.92 Å². The molecule has 0 atom stereocenters. The van der Waals surface area contributed by atoms with Gasteiger partial charge in [0.15, 0.2) is 0 Å². The number of para-hydroxylation sites is 2. The molecule has 0 spiro atoms. The Kier molecular flexibility index (Phi) is 7.50. The number of imidazole rings is 1. The quantitative estimate of drug-likeness (QED) is 0.742. The van der Waals surface area contributed by atoms with Crippen LogP contribution in [0.5, 0.6) is 0 Å². The van der Waals surface area contributed by atoms with Gasteiger partial charge in [0.25, 0.3) is 0 Å². The minimum atomic E-state index is -4.61. The van der Waals surface area contributed by atoms with Crippen molar-refractivity contribution in [3.63, 3.8) is 0 Å². The zero-order valence-electron chi connectivity index (χ0n) is 13.2. The molecule has 0 unspecified atom stereocenters. The van der Waals surface area contributed by atoms with Crippen molar-refractivity contribution in [1.82, 2.24) is 20.2 Å². The van der Waals surface area contributed by atoms with Crippen LogP contribution in [0.1, 0.15) is 19.2 Å². The Hall–Kier alpha value is -1.80. The van der Waals surface area contributed by atoms with Gasteiger partial charge in [-0.25, -0.2) is 4.98 Å². The van der Waals surface area contributed by atoms with E-state index in [4.69, 9.17) is 0 Å². The van der Waals surface area contributed by atoms with Gasteiger partial charge < -0.3 is 15.2 Å². The summed E-state index contributed by atoms with van der Waals surface area (Å²) in [5.74, 6) is -1.53. The topological polar surface area (TPSA) is 58.9 Å². The lowest BCUT2D eigenvalue weighted by atomic mass is 10.3. The molecule has 0 aliphatic carbocycles. The van der Waals surface area contributed by atoms with Gasteiger partial charge in [-0.15, -0.1) is 12.4 Å². The monoisotopic (exact) mass is 364 g/mol. The molecule has 1 heterocycles. The Balaban J connectivity index is 0.00000288. The van der Waals surface area contributed by atoms with E-state index in [9.17, 15) is 18.0 Å². The summed E-state index contributed by atoms with van der Waals surface area (Å²) >= 11 is 0. The number of hydrogen-bond donors (Lipinski definition) is 2. The average molecular weight is 365 g/mol. The summed E-state index contributed by atoms with van der Waals surface area (Å²) < 4.78 is 40.2. The van der Waals surface area contributed by atoms with E-state index < -0.39 is 24.5 Å². The fourth-order valence-corrected chi connectivity index (χ4v) is 2.24. The lowest BCUT2D eigenvalue weighted by Gasteiger charge is -2.12. The van der Waals surface area contributed by atoms with Gasteiger partial charge in [-0.3, -0.25) is 4.79 Å². The van der Waals surface area contributed by atoms with Crippen LogP contribution >= 0.6 is 12.4 Å². The molecular formula is C15H20ClF3N4O. The van der Waals surface area contributed by atoms with Crippen LogP contribution < -0.4 is 10.6 Å². The van der Waals surface area contributed by atoms with Gasteiger partial charge in [0.05, 0.1) is 11.0 Å². The molecule has 2 rings (SSSR count). The SMILES string of the molecule is CCCNCCNC(=O)Cn1c(C(F)(F)F)nc2ccccc21.Cl. The smallest absolute Gasteiger partial charge is 0.353 e. The van der Waals surface area contributed by atoms with E-state index >= 15 is 0 Å². The lowest BCUT2D eigenvalue weighted by molar-refractivity contribution is -0.147. The van der Waals surface area contributed by atoms with Gasteiger partial charge in [0, 0.05) is 13.1 Å². The molecule has 0 saturated carbocycles. The number of aromatic nitrogens is 2. The van der Waals surface area contributed by atoms with Crippen LogP contribution in [-0.4, -0.2) is 35.1 Å². The van der Waals surface area contributed by atoms with Gasteiger partial charge in [0.1, 0.15) is 6.54 Å². The van der Waals surface area contributed by atoms with E-state index in [-0.39, 0.29) is 17.9 Å². The molecule has 5 nitrogen and oxygen atoms in total. The number of carbonyl (C=O) groups excluding carboxylic acids is 1. The first kappa shape index (κ1) is 20.2. The minimum Gasteiger partial charge on any atom is -0.353 e. The second kappa shape index (κ2) is 8.89. The van der Waals surface area contributed by atoms with Crippen LogP contribution in [0, 0.1) is 0 Å². The molecule has 0 radical (unpaired) electrons. The normalized spacial score (nSPS) is 11.3. The highest BCUT2D eigenvalue weighted by atomic mass is 35.5. The first-order valence-electron chi connectivity index (χ1n) is 7.43. The Labute approximate surface area is 144 Å². The van der Waals surface area contributed by atoms with E-state index in [1.54, 1.807) is 12.1 Å². The fraction of sp³-hybridized carbons (Fsp3) is 0.467. The number of nitrogens with zero attached hydrogens (tertiary/aromatic N) is 2. The van der Waals surface area contributed by atoms with Gasteiger partial charge in [-0.1, -0.05) is 19.1 Å². The molecule has 2 aromatic rings. The number of nitrogens with one attached hydrogen (secondary N) is 2. The maximum Gasteiger partial charge on any atom is 0.449 e. The van der Waals surface area contributed by atoms with Crippen molar-refractivity contribution < 1.29 is 18.0 Å². The second-order valence-electron chi connectivity index (χ2n) is 5.11. The predicted octanol–water partition coefficient (Wildman–Crippen LogP) is 2.59. The first-order valence-corrected chi connectivity index (χ1v) is 7.43. The number of benzene rings is 1. The van der Waals surface area contributed by atoms with Crippen LogP contribution in [0.4, 0.5) is 13.2 Å². The third kappa shape index (κ3) is 5.10. The molecule has 1 aromatic heterocycles. The maximum absolute atomic E-state index is 13.1. The Bertz CT molecular complexity index is 672. The predicted molar refractivity (Wildman–Crippen MR) is 88.2 cm³/mol. The molecule has 2 N–H and O–H groups in total. The third-order valence-corrected chi connectivity index (χ3v) is 3.26. The summed E-state index contributed by atoms with van der Waals surface area (Å²) in [5, 5.41) is 5.71. The number of hydrogen-bond acceptors (Lipinski definition) is 3. The highest BCUT2D eigenvalue weighted by molar-refractivity contribution is 5.85.